The summed E-state index contributed by atoms with van der Waals surface area (Å²) in [5.74, 6) is 0.579. The number of halogens is 1. The van der Waals surface area contributed by atoms with Crippen LogP contribution in [0.3, 0.4) is 0 Å². The van der Waals surface area contributed by atoms with Gasteiger partial charge in [0, 0.05) is 17.1 Å². The number of aromatic nitrogens is 2. The van der Waals surface area contributed by atoms with Crippen molar-refractivity contribution in [2.45, 2.75) is 11.8 Å². The Morgan fingerprint density at radius 2 is 1.88 bits per heavy atom. The van der Waals surface area contributed by atoms with Crippen LogP contribution in [-0.4, -0.2) is 21.8 Å². The molecule has 1 amide bonds. The predicted molar refractivity (Wildman–Crippen MR) is 93.8 cm³/mol. The van der Waals surface area contributed by atoms with Gasteiger partial charge < -0.3 is 9.84 Å². The molecule has 3 aromatic rings. The Balaban J connectivity index is 1.50. The van der Waals surface area contributed by atoms with Crippen molar-refractivity contribution in [1.29, 1.82) is 0 Å². The molecule has 0 unspecified atom stereocenters. The minimum Gasteiger partial charge on any atom is -0.351 e. The quantitative estimate of drug-likeness (QED) is 0.678. The molecule has 0 aliphatic carbocycles. The second-order valence-electron chi connectivity index (χ2n) is 4.91. The van der Waals surface area contributed by atoms with Crippen LogP contribution in [0, 0.1) is 0 Å². The van der Waals surface area contributed by atoms with Crippen LogP contribution in [-0.2, 0) is 11.3 Å². The summed E-state index contributed by atoms with van der Waals surface area (Å²) >= 11 is 7.25. The third-order valence-electron chi connectivity index (χ3n) is 3.20. The molecule has 24 heavy (non-hydrogen) atoms. The largest absolute Gasteiger partial charge is 0.351 e. The molecule has 0 saturated carbocycles. The molecular formula is C17H14ClN3O2S. The minimum absolute atomic E-state index is 0.126. The van der Waals surface area contributed by atoms with Crippen molar-refractivity contribution in [2.24, 2.45) is 0 Å². The Hall–Kier alpha value is -2.31. The van der Waals surface area contributed by atoms with Gasteiger partial charge in [-0.2, -0.15) is 4.98 Å². The summed E-state index contributed by atoms with van der Waals surface area (Å²) in [6.45, 7) is 0.387. The molecule has 0 aliphatic heterocycles. The molecule has 0 aliphatic rings. The van der Waals surface area contributed by atoms with E-state index in [-0.39, 0.29) is 11.7 Å². The van der Waals surface area contributed by atoms with Gasteiger partial charge in [-0.15, -0.1) is 0 Å². The molecule has 7 heteroatoms. The predicted octanol–water partition coefficient (Wildman–Crippen LogP) is 3.80. The van der Waals surface area contributed by atoms with Gasteiger partial charge in [0.25, 0.3) is 5.22 Å². The molecular weight excluding hydrogens is 346 g/mol. The van der Waals surface area contributed by atoms with Crippen LogP contribution >= 0.6 is 23.4 Å². The lowest BCUT2D eigenvalue weighted by Gasteiger charge is -2.05. The van der Waals surface area contributed by atoms with Gasteiger partial charge in [-0.3, -0.25) is 4.79 Å². The van der Waals surface area contributed by atoms with Crippen molar-refractivity contribution >= 4 is 29.3 Å². The van der Waals surface area contributed by atoms with Crippen molar-refractivity contribution in [2.75, 3.05) is 5.75 Å². The Morgan fingerprint density at radius 3 is 2.67 bits per heavy atom. The first-order chi connectivity index (χ1) is 11.7. The molecule has 0 bridgehead atoms. The minimum atomic E-state index is -0.126. The van der Waals surface area contributed by atoms with Gasteiger partial charge in [0.05, 0.1) is 5.75 Å². The molecule has 122 valence electrons. The van der Waals surface area contributed by atoms with Crippen LogP contribution in [0.2, 0.25) is 5.02 Å². The summed E-state index contributed by atoms with van der Waals surface area (Å²) in [4.78, 5) is 16.2. The molecule has 0 fully saturated rings. The lowest BCUT2D eigenvalue weighted by Crippen LogP contribution is -2.24. The zero-order valence-electron chi connectivity index (χ0n) is 12.6. The summed E-state index contributed by atoms with van der Waals surface area (Å²) in [6.07, 6.45) is 0. The van der Waals surface area contributed by atoms with Crippen molar-refractivity contribution < 1.29 is 9.32 Å². The number of hydrogen-bond acceptors (Lipinski definition) is 5. The van der Waals surface area contributed by atoms with E-state index in [9.17, 15) is 4.79 Å². The van der Waals surface area contributed by atoms with E-state index in [1.54, 1.807) is 6.07 Å². The maximum absolute atomic E-state index is 11.9. The monoisotopic (exact) mass is 359 g/mol. The zero-order valence-corrected chi connectivity index (χ0v) is 14.2. The van der Waals surface area contributed by atoms with Crippen molar-refractivity contribution in [3.05, 3.63) is 65.2 Å². The van der Waals surface area contributed by atoms with Gasteiger partial charge in [0.1, 0.15) is 0 Å². The van der Waals surface area contributed by atoms with E-state index in [1.807, 2.05) is 48.5 Å². The summed E-state index contributed by atoms with van der Waals surface area (Å²) < 4.78 is 5.15. The third kappa shape index (κ3) is 4.37. The van der Waals surface area contributed by atoms with E-state index in [2.05, 4.69) is 15.5 Å². The Kier molecular flexibility index (Phi) is 5.51. The van der Waals surface area contributed by atoms with Crippen LogP contribution in [0.1, 0.15) is 5.56 Å². The Bertz CT molecular complexity index is 823. The number of carbonyl (C=O) groups excluding carboxylic acids is 1. The number of thioether (sulfide) groups is 1. The number of rotatable bonds is 6. The molecule has 2 aromatic carbocycles. The van der Waals surface area contributed by atoms with Crippen molar-refractivity contribution in [3.63, 3.8) is 0 Å². The molecule has 1 heterocycles. The number of carbonyl (C=O) groups is 1. The highest BCUT2D eigenvalue weighted by Crippen LogP contribution is 2.21. The lowest BCUT2D eigenvalue weighted by molar-refractivity contribution is -0.118. The highest BCUT2D eigenvalue weighted by molar-refractivity contribution is 7.99. The van der Waals surface area contributed by atoms with Gasteiger partial charge in [-0.1, -0.05) is 77.1 Å². The highest BCUT2D eigenvalue weighted by atomic mass is 35.5. The first-order valence-corrected chi connectivity index (χ1v) is 8.61. The fourth-order valence-electron chi connectivity index (χ4n) is 1.99. The Labute approximate surface area is 148 Å². The fraction of sp³-hybridized carbons (Fsp3) is 0.118. The number of amides is 1. The van der Waals surface area contributed by atoms with Gasteiger partial charge in [0.2, 0.25) is 11.7 Å². The highest BCUT2D eigenvalue weighted by Gasteiger charge is 2.11. The average molecular weight is 360 g/mol. The summed E-state index contributed by atoms with van der Waals surface area (Å²) in [5, 5.41) is 7.72. The van der Waals surface area contributed by atoms with E-state index < -0.39 is 0 Å². The maximum atomic E-state index is 11.9. The van der Waals surface area contributed by atoms with Crippen molar-refractivity contribution in [1.82, 2.24) is 15.5 Å². The SMILES string of the molecule is O=C(CSc1nc(-c2ccccc2)no1)NCc1ccccc1Cl. The number of nitrogens with one attached hydrogen (secondary N) is 1. The second-order valence-corrected chi connectivity index (χ2v) is 6.24. The van der Waals surface area contributed by atoms with Gasteiger partial charge in [-0.05, 0) is 11.6 Å². The normalized spacial score (nSPS) is 10.5. The van der Waals surface area contributed by atoms with Crippen LogP contribution in [0.5, 0.6) is 0 Å². The van der Waals surface area contributed by atoms with Crippen LogP contribution < -0.4 is 5.32 Å². The van der Waals surface area contributed by atoms with Gasteiger partial charge in [0.15, 0.2) is 0 Å². The first kappa shape index (κ1) is 16.5. The first-order valence-electron chi connectivity index (χ1n) is 7.24. The van der Waals surface area contributed by atoms with Crippen molar-refractivity contribution in [3.8, 4) is 11.4 Å². The second kappa shape index (κ2) is 7.99. The van der Waals surface area contributed by atoms with Crippen LogP contribution in [0.15, 0.2) is 64.3 Å². The molecule has 1 aromatic heterocycles. The van der Waals surface area contributed by atoms with E-state index in [4.69, 9.17) is 16.1 Å². The van der Waals surface area contributed by atoms with E-state index in [0.29, 0.717) is 22.6 Å². The third-order valence-corrected chi connectivity index (χ3v) is 4.39. The van der Waals surface area contributed by atoms with E-state index >= 15 is 0 Å². The zero-order chi connectivity index (χ0) is 16.8. The van der Waals surface area contributed by atoms with Gasteiger partial charge >= 0.3 is 0 Å². The van der Waals surface area contributed by atoms with E-state index in [0.717, 1.165) is 11.1 Å². The smallest absolute Gasteiger partial charge is 0.286 e. The lowest BCUT2D eigenvalue weighted by atomic mass is 10.2. The molecule has 5 nitrogen and oxygen atoms in total. The number of hydrogen-bond donors (Lipinski definition) is 1. The molecule has 1 N–H and O–H groups in total. The fourth-order valence-corrected chi connectivity index (χ4v) is 2.79. The Morgan fingerprint density at radius 1 is 1.12 bits per heavy atom. The average Bonchev–Trinajstić information content (AvgIpc) is 3.09. The molecule has 0 radical (unpaired) electrons. The van der Waals surface area contributed by atoms with E-state index in [1.165, 1.54) is 11.8 Å². The molecule has 0 spiro atoms. The topological polar surface area (TPSA) is 68.0 Å². The maximum Gasteiger partial charge on any atom is 0.286 e. The standard InChI is InChI=1S/C17H14ClN3O2S/c18-14-9-5-4-8-13(14)10-19-15(22)11-24-17-20-16(21-23-17)12-6-2-1-3-7-12/h1-9H,10-11H2,(H,19,22). The van der Waals surface area contributed by atoms with Gasteiger partial charge in [-0.25, -0.2) is 0 Å². The summed E-state index contributed by atoms with van der Waals surface area (Å²) in [6, 6.07) is 16.9. The summed E-state index contributed by atoms with van der Waals surface area (Å²) in [5.41, 5.74) is 1.75. The molecule has 0 atom stereocenters. The molecule has 3 rings (SSSR count). The number of benzene rings is 2. The number of nitrogens with zero attached hydrogens (tertiary/aromatic N) is 2. The summed E-state index contributed by atoms with van der Waals surface area (Å²) in [7, 11) is 0. The van der Waals surface area contributed by atoms with Crippen LogP contribution in [0.25, 0.3) is 11.4 Å². The molecule has 0 saturated heterocycles. The van der Waals surface area contributed by atoms with Crippen LogP contribution in [0.4, 0.5) is 0 Å².